The second-order valence-electron chi connectivity index (χ2n) is 14.3. The summed E-state index contributed by atoms with van der Waals surface area (Å²) in [5.74, 6) is -5.56. The van der Waals surface area contributed by atoms with Gasteiger partial charge in [0.25, 0.3) is 0 Å². The highest BCUT2D eigenvalue weighted by Gasteiger charge is 2.64. The third kappa shape index (κ3) is 33.5. The first-order valence-corrected chi connectivity index (χ1v) is 17.7. The molecule has 72 heavy (non-hydrogen) atoms. The van der Waals surface area contributed by atoms with Gasteiger partial charge in [-0.05, 0) is 0 Å². The number of nitrogens with one attached hydrogen (secondary N) is 2. The quantitative estimate of drug-likeness (QED) is 0.0427. The topological polar surface area (TPSA) is 150 Å². The monoisotopic (exact) mass is 1270 g/mol. The van der Waals surface area contributed by atoms with Crippen LogP contribution in [0.5, 0.6) is 0 Å². The number of quaternary nitrogens is 2. The minimum absolute atomic E-state index is 0. The minimum Gasteiger partial charge on any atom is -1.00 e. The van der Waals surface area contributed by atoms with Gasteiger partial charge in [0.2, 0.25) is 0 Å². The molecule has 16 nitrogen and oxygen atoms in total. The van der Waals surface area contributed by atoms with Crippen molar-refractivity contribution in [2.45, 2.75) is 101 Å². The lowest BCUT2D eigenvalue weighted by molar-refractivity contribution is -0.896. The number of hydrogen-bond donors (Lipinski definition) is 2. The summed E-state index contributed by atoms with van der Waals surface area (Å²) in [4.78, 5) is 23.4. The number of halogens is 28. The Hall–Kier alpha value is -2.40. The van der Waals surface area contributed by atoms with Gasteiger partial charge in [0, 0.05) is 38.8 Å². The maximum Gasteiger partial charge on any atom is 0.529 e. The van der Waals surface area contributed by atoms with E-state index in [2.05, 4.69) is 18.9 Å². The van der Waals surface area contributed by atoms with Crippen LogP contribution in [0.4, 0.5) is 114 Å². The van der Waals surface area contributed by atoms with E-state index in [0.29, 0.717) is 12.8 Å². The molecule has 0 saturated heterocycles. The number of rotatable bonds is 33. The van der Waals surface area contributed by atoms with E-state index in [1.165, 1.54) is 10.6 Å². The number of carbonyl (C=O) groups is 2. The van der Waals surface area contributed by atoms with Gasteiger partial charge in [0.1, 0.15) is 0 Å². The number of unbranched alkanes of at least 4 members (excludes halogenated alkanes) is 1. The van der Waals surface area contributed by atoms with E-state index in [-0.39, 0.29) is 81.9 Å². The molecular weight excluding hydrogens is 1240 g/mol. The van der Waals surface area contributed by atoms with Crippen molar-refractivity contribution >= 4 is 11.8 Å². The van der Waals surface area contributed by atoms with Crippen LogP contribution in [0.25, 0.3) is 0 Å². The first-order valence-electron chi connectivity index (χ1n) is 17.7. The third-order valence-corrected chi connectivity index (χ3v) is 7.15. The average molecular weight is 1270 g/mol. The maximum atomic E-state index is 13.9. The minimum atomic E-state index is -6.68. The molecule has 0 unspecified atom stereocenters. The lowest BCUT2D eigenvalue weighted by Gasteiger charge is -2.32. The van der Waals surface area contributed by atoms with Crippen LogP contribution in [-0.4, -0.2) is 164 Å². The van der Waals surface area contributed by atoms with E-state index in [4.69, 9.17) is 0 Å². The molecule has 0 aromatic carbocycles. The number of hydrogen-bond acceptors (Lipinski definition) is 12. The molecule has 44 heteroatoms. The summed E-state index contributed by atoms with van der Waals surface area (Å²) in [6.45, 7) is -0.996. The summed E-state index contributed by atoms with van der Waals surface area (Å²) in [6.07, 6.45) is -77.1. The zero-order valence-electron chi connectivity index (χ0n) is 35.4. The largest absolute Gasteiger partial charge is 1.00 e. The van der Waals surface area contributed by atoms with Gasteiger partial charge in [-0.25, -0.2) is 37.9 Å². The van der Waals surface area contributed by atoms with Crippen molar-refractivity contribution in [3.8, 4) is 0 Å². The third-order valence-electron chi connectivity index (χ3n) is 7.15. The lowest BCUT2D eigenvalue weighted by Crippen LogP contribution is -3.00. The second kappa shape index (κ2) is 26.1. The van der Waals surface area contributed by atoms with Gasteiger partial charge in [-0.1, -0.05) is 0 Å². The molecule has 434 valence electrons. The predicted octanol–water partition coefficient (Wildman–Crippen LogP) is 1.73. The summed E-state index contributed by atoms with van der Waals surface area (Å²) >= 11 is 0. The molecular formula is C28H34Br2F26N4O12. The maximum absolute atomic E-state index is 13.9. The van der Waals surface area contributed by atoms with Gasteiger partial charge in [-0.2, -0.15) is 27.0 Å². The summed E-state index contributed by atoms with van der Waals surface area (Å²) in [7, 11) is 6.17. The number of nitrogens with zero attached hydrogens (tertiary/aromatic N) is 2. The Morgan fingerprint density at radius 1 is 0.319 bits per heavy atom. The number of ether oxygens (including phenoxy) is 10. The number of amides is 2. The van der Waals surface area contributed by atoms with Crippen LogP contribution < -0.4 is 44.6 Å². The first kappa shape index (κ1) is 73.8. The van der Waals surface area contributed by atoms with Crippen molar-refractivity contribution in [3.63, 3.8) is 0 Å². The Morgan fingerprint density at radius 3 is 0.708 bits per heavy atom. The zero-order valence-corrected chi connectivity index (χ0v) is 38.6. The van der Waals surface area contributed by atoms with Gasteiger partial charge in [0.15, 0.2) is 0 Å². The van der Waals surface area contributed by atoms with Crippen molar-refractivity contribution < 1.29 is 214 Å². The molecule has 0 aliphatic carbocycles. The van der Waals surface area contributed by atoms with E-state index < -0.39 is 100 Å². The molecule has 0 aliphatic rings. The van der Waals surface area contributed by atoms with Crippen molar-refractivity contribution in [3.05, 3.63) is 0 Å². The van der Waals surface area contributed by atoms with Crippen LogP contribution in [0.2, 0.25) is 0 Å². The fraction of sp³-hybridized carbons (Fsp3) is 0.929. The average Bonchev–Trinajstić information content (AvgIpc) is 2.99. The Balaban J connectivity index is -0.0000238. The SMILES string of the molecule is C[N+](C)(CCCC[N+](C)(C)CCCNC(=O)C(F)(F)OC(F)(F)OC(F)(F)OC(F)(F)OC(F)(F)OC(F)(F)F)CCCNC(=O)C(F)(F)OC(F)(F)OC(F)(F)OC(F)(F)OC(F)(F)OC(F)(F)F.[Br-].[Br-]. The van der Waals surface area contributed by atoms with E-state index >= 15 is 0 Å². The van der Waals surface area contributed by atoms with E-state index in [1.807, 2.05) is 18.9 Å². The van der Waals surface area contributed by atoms with Gasteiger partial charge < -0.3 is 53.6 Å². The van der Waals surface area contributed by atoms with Gasteiger partial charge in [-0.3, -0.25) is 9.59 Å². The first-order chi connectivity index (χ1) is 30.5. The highest BCUT2D eigenvalue weighted by atomic mass is 79.9. The van der Waals surface area contributed by atoms with Crippen LogP contribution in [-0.2, 0) is 57.0 Å². The van der Waals surface area contributed by atoms with E-state index in [1.54, 1.807) is 37.7 Å². The van der Waals surface area contributed by atoms with Crippen molar-refractivity contribution in [2.24, 2.45) is 0 Å². The smallest absolute Gasteiger partial charge is 0.529 e. The Morgan fingerprint density at radius 2 is 0.500 bits per heavy atom. The zero-order chi connectivity index (χ0) is 55.7. The number of alkyl halides is 26. The molecule has 0 spiro atoms. The highest BCUT2D eigenvalue weighted by Crippen LogP contribution is 2.42. The van der Waals surface area contributed by atoms with Crippen LogP contribution in [0.15, 0.2) is 0 Å². The van der Waals surface area contributed by atoms with Crippen molar-refractivity contribution in [2.75, 3.05) is 67.5 Å². The Labute approximate surface area is 404 Å². The fourth-order valence-corrected chi connectivity index (χ4v) is 4.58. The number of carbonyl (C=O) groups excluding carboxylic acids is 2. The molecule has 0 atom stereocenters. The summed E-state index contributed by atoms with van der Waals surface area (Å²) in [5.41, 5.74) is 0. The van der Waals surface area contributed by atoms with Crippen molar-refractivity contribution in [1.29, 1.82) is 0 Å². The van der Waals surface area contributed by atoms with Gasteiger partial charge in [0.05, 0.1) is 54.4 Å². The molecule has 2 amide bonds. The summed E-state index contributed by atoms with van der Waals surface area (Å²) in [6, 6.07) is 0. The summed E-state index contributed by atoms with van der Waals surface area (Å²) in [5, 5.41) is 2.69. The van der Waals surface area contributed by atoms with Crippen LogP contribution >= 0.6 is 0 Å². The molecule has 0 fully saturated rings. The Kier molecular flexibility index (Phi) is 26.8. The van der Waals surface area contributed by atoms with Gasteiger partial charge >= 0.3 is 87.1 Å². The van der Waals surface area contributed by atoms with Crippen LogP contribution in [0.1, 0.15) is 25.7 Å². The van der Waals surface area contributed by atoms with E-state index in [0.717, 1.165) is 0 Å². The second-order valence-corrected chi connectivity index (χ2v) is 14.3. The fourth-order valence-electron chi connectivity index (χ4n) is 4.58. The van der Waals surface area contributed by atoms with Crippen LogP contribution in [0.3, 0.4) is 0 Å². The lowest BCUT2D eigenvalue weighted by atomic mass is 10.2. The molecule has 0 aliphatic heterocycles. The molecule has 0 aromatic heterocycles. The Bertz CT molecular complexity index is 1570. The molecule has 0 bridgehead atoms. The molecule has 0 saturated carbocycles. The van der Waals surface area contributed by atoms with Crippen molar-refractivity contribution in [1.82, 2.24) is 10.6 Å². The molecule has 0 radical (unpaired) electrons. The molecule has 0 rings (SSSR count). The van der Waals surface area contributed by atoms with Gasteiger partial charge in [-0.15, -0.1) is 96.6 Å². The summed E-state index contributed by atoms with van der Waals surface area (Å²) < 4.78 is 358. The molecule has 0 heterocycles. The van der Waals surface area contributed by atoms with E-state index in [9.17, 15) is 124 Å². The standard InChI is InChI=1S/C28H32F26N4O12.2BrH/c1-57(2,13-7-9-55-15(59)17(29,30)61-21(39,40)65-25(47,48)69-27(51,52)67-23(43,44)63-19(33,34)35)11-5-6-12-58(3,4)14-8-10-56-16(60)18(31,32)62-22(41,42)66-26(49,50)70-28(53,54)68-24(45,46)64-20(36,37)38;;/h5-14H2,1-4H3;2*1H. The normalized spacial score (nSPS) is 14.7. The predicted molar refractivity (Wildman–Crippen MR) is 161 cm³/mol. The molecule has 0 aromatic rings. The highest BCUT2D eigenvalue weighted by molar-refractivity contribution is 5.82. The van der Waals surface area contributed by atoms with Crippen LogP contribution in [0, 0.1) is 0 Å². The molecule has 2 N–H and O–H groups in total.